The quantitative estimate of drug-likeness (QED) is 0.384. The van der Waals surface area contributed by atoms with Gasteiger partial charge in [-0.05, 0) is 79.4 Å². The Morgan fingerprint density at radius 1 is 0.969 bits per heavy atom. The highest BCUT2D eigenvalue weighted by atomic mass is 32.2. The van der Waals surface area contributed by atoms with Crippen molar-refractivity contribution in [3.05, 3.63) is 84.7 Å². The summed E-state index contributed by atoms with van der Waals surface area (Å²) in [5.74, 6) is 1.04. The van der Waals surface area contributed by atoms with Gasteiger partial charge in [0.15, 0.2) is 0 Å². The Bertz CT molecular complexity index is 1230. The molecule has 2 aromatic heterocycles. The average molecular weight is 441 g/mol. The van der Waals surface area contributed by atoms with Crippen LogP contribution in [0.1, 0.15) is 29.6 Å². The van der Waals surface area contributed by atoms with Crippen molar-refractivity contribution in [2.24, 2.45) is 0 Å². The van der Waals surface area contributed by atoms with Crippen LogP contribution in [0, 0.1) is 0 Å². The number of fused-ring (bicyclic) bond motifs is 1. The number of nitrogens with zero attached hydrogens (tertiary/aromatic N) is 3. The van der Waals surface area contributed by atoms with Gasteiger partial charge in [0, 0.05) is 52.6 Å². The molecule has 1 amide bonds. The van der Waals surface area contributed by atoms with Gasteiger partial charge in [0.05, 0.1) is 11.2 Å². The minimum Gasteiger partial charge on any atom is -0.322 e. The Kier molecular flexibility index (Phi) is 6.03. The van der Waals surface area contributed by atoms with Crippen molar-refractivity contribution in [2.45, 2.75) is 19.3 Å². The topological polar surface area (TPSA) is 58.1 Å². The van der Waals surface area contributed by atoms with Crippen LogP contribution in [0.25, 0.3) is 22.2 Å². The van der Waals surface area contributed by atoms with E-state index in [9.17, 15) is 4.79 Å². The molecule has 0 unspecified atom stereocenters. The van der Waals surface area contributed by atoms with E-state index in [1.54, 1.807) is 12.4 Å². The van der Waals surface area contributed by atoms with Crippen LogP contribution in [0.5, 0.6) is 0 Å². The van der Waals surface area contributed by atoms with Crippen molar-refractivity contribution in [2.75, 3.05) is 21.9 Å². The van der Waals surface area contributed by atoms with Gasteiger partial charge in [0.25, 0.3) is 5.91 Å². The van der Waals surface area contributed by atoms with Crippen LogP contribution < -0.4 is 9.62 Å². The molecule has 0 atom stereocenters. The van der Waals surface area contributed by atoms with E-state index in [0.29, 0.717) is 5.56 Å². The molecule has 2 aromatic carbocycles. The molecule has 1 fully saturated rings. The van der Waals surface area contributed by atoms with Gasteiger partial charge in [-0.3, -0.25) is 9.78 Å². The highest BCUT2D eigenvalue weighted by Crippen LogP contribution is 2.28. The molecular formula is C26H24N4OS. The third-order valence-electron chi connectivity index (χ3n) is 5.58. The van der Waals surface area contributed by atoms with Gasteiger partial charge in [0.2, 0.25) is 0 Å². The minimum atomic E-state index is -0.116. The van der Waals surface area contributed by atoms with E-state index in [1.807, 2.05) is 78.7 Å². The van der Waals surface area contributed by atoms with Gasteiger partial charge in [-0.2, -0.15) is 0 Å². The summed E-state index contributed by atoms with van der Waals surface area (Å²) in [6.45, 7) is 1.06. The summed E-state index contributed by atoms with van der Waals surface area (Å²) in [5.41, 5.74) is 5.27. The fraction of sp³-hybridized carbons (Fsp3) is 0.192. The highest BCUT2D eigenvalue weighted by molar-refractivity contribution is 8.00. The van der Waals surface area contributed by atoms with E-state index in [2.05, 4.69) is 14.6 Å². The third kappa shape index (κ3) is 4.60. The van der Waals surface area contributed by atoms with Gasteiger partial charge in [0.1, 0.15) is 0 Å². The second-order valence-corrected chi connectivity index (χ2v) is 8.95. The zero-order chi connectivity index (χ0) is 21.8. The number of amides is 1. The summed E-state index contributed by atoms with van der Waals surface area (Å²) < 4.78 is 2.34. The van der Waals surface area contributed by atoms with Crippen molar-refractivity contribution in [3.63, 3.8) is 0 Å². The zero-order valence-corrected chi connectivity index (χ0v) is 18.5. The number of hydrogen-bond donors (Lipinski definition) is 1. The van der Waals surface area contributed by atoms with E-state index >= 15 is 0 Å². The lowest BCUT2D eigenvalue weighted by Gasteiger charge is -2.21. The van der Waals surface area contributed by atoms with Gasteiger partial charge >= 0.3 is 0 Å². The van der Waals surface area contributed by atoms with E-state index in [1.165, 1.54) is 19.3 Å². The maximum Gasteiger partial charge on any atom is 0.255 e. The van der Waals surface area contributed by atoms with Crippen molar-refractivity contribution in [3.8, 4) is 11.3 Å². The molecule has 160 valence electrons. The standard InChI is InChI=1S/C26H24N4OS/c31-26(19-7-10-23(11-8-19)30-15-2-1-3-16-32-30)28-22-6-4-5-20(17-22)24-12-9-21-18-27-14-13-25(21)29-24/h4-14,17-18H,1-3,15-16H2,(H,28,31). The molecule has 5 nitrogen and oxygen atoms in total. The molecule has 1 aliphatic rings. The number of rotatable bonds is 4. The Morgan fingerprint density at radius 2 is 1.88 bits per heavy atom. The average Bonchev–Trinajstić information content (AvgIpc) is 3.14. The normalized spacial score (nSPS) is 14.2. The van der Waals surface area contributed by atoms with Crippen molar-refractivity contribution >= 4 is 40.1 Å². The second-order valence-electron chi connectivity index (χ2n) is 7.84. The second kappa shape index (κ2) is 9.40. The zero-order valence-electron chi connectivity index (χ0n) is 17.7. The summed E-state index contributed by atoms with van der Waals surface area (Å²) in [5, 5.41) is 4.02. The lowest BCUT2D eigenvalue weighted by atomic mass is 10.1. The molecule has 5 rings (SSSR count). The lowest BCUT2D eigenvalue weighted by molar-refractivity contribution is 0.102. The SMILES string of the molecule is O=C(Nc1cccc(-c2ccc3cnccc3n2)c1)c1ccc(N2CCCCCS2)cc1. The molecule has 32 heavy (non-hydrogen) atoms. The van der Waals surface area contributed by atoms with Crippen LogP contribution in [-0.2, 0) is 0 Å². The molecule has 0 saturated carbocycles. The molecule has 0 radical (unpaired) electrons. The number of carbonyl (C=O) groups is 1. The van der Waals surface area contributed by atoms with E-state index in [0.717, 1.165) is 45.8 Å². The summed E-state index contributed by atoms with van der Waals surface area (Å²) in [6, 6.07) is 21.6. The number of hydrogen-bond acceptors (Lipinski definition) is 5. The highest BCUT2D eigenvalue weighted by Gasteiger charge is 2.13. The number of anilines is 2. The number of aromatic nitrogens is 2. The molecule has 1 N–H and O–H groups in total. The minimum absolute atomic E-state index is 0.116. The first kappa shape index (κ1) is 20.5. The number of pyridine rings is 2. The first-order chi connectivity index (χ1) is 15.8. The summed E-state index contributed by atoms with van der Waals surface area (Å²) >= 11 is 1.88. The monoisotopic (exact) mass is 440 g/mol. The van der Waals surface area contributed by atoms with Crippen LogP contribution in [0.15, 0.2) is 79.1 Å². The van der Waals surface area contributed by atoms with E-state index in [4.69, 9.17) is 4.98 Å². The Hall–Kier alpha value is -3.38. The van der Waals surface area contributed by atoms with Gasteiger partial charge in [-0.25, -0.2) is 4.98 Å². The third-order valence-corrected chi connectivity index (χ3v) is 6.75. The predicted molar refractivity (Wildman–Crippen MR) is 133 cm³/mol. The summed E-state index contributed by atoms with van der Waals surface area (Å²) in [7, 11) is 0. The van der Waals surface area contributed by atoms with Crippen LogP contribution in [0.3, 0.4) is 0 Å². The van der Waals surface area contributed by atoms with Crippen LogP contribution >= 0.6 is 11.9 Å². The van der Waals surface area contributed by atoms with Crippen molar-refractivity contribution in [1.82, 2.24) is 9.97 Å². The van der Waals surface area contributed by atoms with E-state index in [-0.39, 0.29) is 5.91 Å². The molecule has 0 aliphatic carbocycles. The lowest BCUT2D eigenvalue weighted by Crippen LogP contribution is -2.15. The maximum absolute atomic E-state index is 12.8. The molecule has 6 heteroatoms. The van der Waals surface area contributed by atoms with Crippen molar-refractivity contribution < 1.29 is 4.79 Å². The van der Waals surface area contributed by atoms with Crippen LogP contribution in [-0.4, -0.2) is 28.2 Å². The summed E-state index contributed by atoms with van der Waals surface area (Å²) in [6.07, 6.45) is 7.32. The number of nitrogens with one attached hydrogen (secondary N) is 1. The fourth-order valence-corrected chi connectivity index (χ4v) is 4.92. The maximum atomic E-state index is 12.8. The number of carbonyl (C=O) groups excluding carboxylic acids is 1. The Labute approximate surface area is 192 Å². The molecule has 0 spiro atoms. The molecule has 1 saturated heterocycles. The fourth-order valence-electron chi connectivity index (χ4n) is 3.84. The van der Waals surface area contributed by atoms with Gasteiger partial charge in [-0.15, -0.1) is 0 Å². The molecule has 3 heterocycles. The molecular weight excluding hydrogens is 416 g/mol. The van der Waals surface area contributed by atoms with Crippen molar-refractivity contribution in [1.29, 1.82) is 0 Å². The molecule has 1 aliphatic heterocycles. The van der Waals surface area contributed by atoms with Crippen LogP contribution in [0.4, 0.5) is 11.4 Å². The molecule has 4 aromatic rings. The Balaban J connectivity index is 1.31. The first-order valence-electron chi connectivity index (χ1n) is 10.9. The van der Waals surface area contributed by atoms with Crippen LogP contribution in [0.2, 0.25) is 0 Å². The molecule has 0 bridgehead atoms. The largest absolute Gasteiger partial charge is 0.322 e. The Morgan fingerprint density at radius 3 is 2.78 bits per heavy atom. The predicted octanol–water partition coefficient (Wildman–Crippen LogP) is 6.19. The first-order valence-corrected chi connectivity index (χ1v) is 11.8. The number of benzene rings is 2. The smallest absolute Gasteiger partial charge is 0.255 e. The van der Waals surface area contributed by atoms with E-state index < -0.39 is 0 Å². The van der Waals surface area contributed by atoms with Gasteiger partial charge in [-0.1, -0.05) is 18.6 Å². The van der Waals surface area contributed by atoms with Gasteiger partial charge < -0.3 is 9.62 Å². The summed E-state index contributed by atoms with van der Waals surface area (Å²) in [4.78, 5) is 21.7.